The Balaban J connectivity index is 2.20. The quantitative estimate of drug-likeness (QED) is 0.0343. The molecule has 0 amide bonds. The van der Waals surface area contributed by atoms with E-state index in [1.807, 2.05) is 0 Å². The maximum atomic E-state index is 12.8. The average molecular weight is 899 g/mol. The van der Waals surface area contributed by atoms with E-state index in [1.54, 1.807) is 0 Å². The van der Waals surface area contributed by atoms with Gasteiger partial charge in [-0.1, -0.05) is 245 Å². The molecule has 0 aromatic carbocycles. The van der Waals surface area contributed by atoms with Crippen LogP contribution >= 0.6 is 0 Å². The molecule has 0 aromatic rings. The maximum Gasteiger partial charge on any atom is 0.306 e. The highest BCUT2D eigenvalue weighted by atomic mass is 16.7. The molecule has 4 N–H and O–H groups in total. The molecule has 1 aliphatic heterocycles. The fourth-order valence-electron chi connectivity index (χ4n) is 8.72. The first-order chi connectivity index (χ1) is 30.8. The summed E-state index contributed by atoms with van der Waals surface area (Å²) in [5.41, 5.74) is 0. The van der Waals surface area contributed by atoms with Crippen molar-refractivity contribution < 1.29 is 49.0 Å². The Hall–Kier alpha value is -1.30. The van der Waals surface area contributed by atoms with E-state index in [-0.39, 0.29) is 32.0 Å². The van der Waals surface area contributed by atoms with Crippen LogP contribution in [0.3, 0.4) is 0 Å². The molecule has 374 valence electrons. The van der Waals surface area contributed by atoms with E-state index in [0.717, 1.165) is 32.1 Å². The van der Waals surface area contributed by atoms with Gasteiger partial charge < -0.3 is 39.4 Å². The molecule has 1 saturated heterocycles. The van der Waals surface area contributed by atoms with E-state index in [9.17, 15) is 30.0 Å². The molecule has 0 radical (unpaired) electrons. The average Bonchev–Trinajstić information content (AvgIpc) is 3.28. The molecule has 1 rings (SSSR count). The van der Waals surface area contributed by atoms with Crippen molar-refractivity contribution in [2.24, 2.45) is 0 Å². The largest absolute Gasteiger partial charge is 0.462 e. The molecule has 0 saturated carbocycles. The van der Waals surface area contributed by atoms with Crippen LogP contribution < -0.4 is 0 Å². The van der Waals surface area contributed by atoms with Gasteiger partial charge >= 0.3 is 11.9 Å². The second-order valence-corrected chi connectivity index (χ2v) is 19.1. The van der Waals surface area contributed by atoms with Gasteiger partial charge in [0.1, 0.15) is 31.0 Å². The standard InChI is InChI=1S/C53H102O10/c1-3-5-7-9-11-13-15-17-19-20-21-22-23-24-25-26-28-30-32-34-36-38-40-42-49(56)62-46(45-61-53-52(59)51(58)50(57)47(43-54)63-53)44-60-48(55)41-39-37-35-33-31-29-27-18-16-14-12-10-8-6-4-2/h46-47,50-54,57-59H,3-45H2,1-2H3/t46-,47-,50+,51?,52?,53-/m1/s1. The summed E-state index contributed by atoms with van der Waals surface area (Å²) in [5.74, 6) is -0.784. The lowest BCUT2D eigenvalue weighted by molar-refractivity contribution is -0.305. The van der Waals surface area contributed by atoms with Crippen molar-refractivity contribution in [1.29, 1.82) is 0 Å². The Morgan fingerprint density at radius 3 is 1.08 bits per heavy atom. The van der Waals surface area contributed by atoms with Crippen molar-refractivity contribution in [3.05, 3.63) is 0 Å². The first kappa shape index (κ1) is 59.7. The van der Waals surface area contributed by atoms with Gasteiger partial charge in [-0.25, -0.2) is 0 Å². The second-order valence-electron chi connectivity index (χ2n) is 19.1. The number of esters is 2. The summed E-state index contributed by atoms with van der Waals surface area (Å²) in [7, 11) is 0. The van der Waals surface area contributed by atoms with Gasteiger partial charge in [0.15, 0.2) is 12.4 Å². The van der Waals surface area contributed by atoms with Crippen LogP contribution in [0.25, 0.3) is 0 Å². The summed E-state index contributed by atoms with van der Waals surface area (Å²) in [6.07, 6.45) is 41.2. The molecule has 10 heteroatoms. The molecule has 63 heavy (non-hydrogen) atoms. The van der Waals surface area contributed by atoms with Gasteiger partial charge in [-0.2, -0.15) is 0 Å². The molecule has 0 aromatic heterocycles. The Morgan fingerprint density at radius 2 is 0.746 bits per heavy atom. The number of rotatable bonds is 47. The zero-order valence-corrected chi connectivity index (χ0v) is 41.1. The minimum atomic E-state index is -1.59. The third-order valence-corrected chi connectivity index (χ3v) is 13.0. The van der Waals surface area contributed by atoms with Crippen molar-refractivity contribution in [3.63, 3.8) is 0 Å². The molecule has 0 spiro atoms. The lowest BCUT2D eigenvalue weighted by atomic mass is 9.99. The smallest absolute Gasteiger partial charge is 0.306 e. The molecule has 0 bridgehead atoms. The molecule has 1 aliphatic rings. The molecule has 6 atom stereocenters. The van der Waals surface area contributed by atoms with E-state index in [0.29, 0.717) is 6.42 Å². The predicted molar refractivity (Wildman–Crippen MR) is 257 cm³/mol. The topological polar surface area (TPSA) is 152 Å². The number of hydrogen-bond acceptors (Lipinski definition) is 10. The number of unbranched alkanes of at least 4 members (excludes halogenated alkanes) is 36. The first-order valence-corrected chi connectivity index (χ1v) is 27.1. The summed E-state index contributed by atoms with van der Waals surface area (Å²) >= 11 is 0. The maximum absolute atomic E-state index is 12.8. The van der Waals surface area contributed by atoms with Crippen molar-refractivity contribution in [2.75, 3.05) is 19.8 Å². The minimum Gasteiger partial charge on any atom is -0.462 e. The van der Waals surface area contributed by atoms with E-state index >= 15 is 0 Å². The van der Waals surface area contributed by atoms with E-state index < -0.39 is 49.4 Å². The van der Waals surface area contributed by atoms with Crippen LogP contribution in [-0.2, 0) is 28.5 Å². The summed E-state index contributed by atoms with van der Waals surface area (Å²) < 4.78 is 22.3. The fraction of sp³-hybridized carbons (Fsp3) is 0.962. The molecule has 0 aliphatic carbocycles. The molecule has 2 unspecified atom stereocenters. The Morgan fingerprint density at radius 1 is 0.429 bits per heavy atom. The van der Waals surface area contributed by atoms with Crippen molar-refractivity contribution in [3.8, 4) is 0 Å². The third kappa shape index (κ3) is 35.6. The number of carbonyl (C=O) groups is 2. The van der Waals surface area contributed by atoms with Crippen LogP contribution in [0.1, 0.15) is 271 Å². The van der Waals surface area contributed by atoms with Crippen LogP contribution in [0.4, 0.5) is 0 Å². The SMILES string of the molecule is CCCCCCCCCCCCCCCCCCCCCCCCCC(=O)O[C@H](COC(=O)CCCCCCCCCCCCCCCCC)CO[C@@H]1O[C@H](CO)[C@H](O)C(O)C1O. The summed E-state index contributed by atoms with van der Waals surface area (Å²) in [4.78, 5) is 25.5. The van der Waals surface area contributed by atoms with Crippen LogP contribution in [0.15, 0.2) is 0 Å². The van der Waals surface area contributed by atoms with Gasteiger partial charge in [0.05, 0.1) is 13.2 Å². The number of aliphatic hydroxyl groups excluding tert-OH is 4. The van der Waals surface area contributed by atoms with Crippen molar-refractivity contribution in [1.82, 2.24) is 0 Å². The van der Waals surface area contributed by atoms with Gasteiger partial charge in [-0.15, -0.1) is 0 Å². The molecule has 10 nitrogen and oxygen atoms in total. The van der Waals surface area contributed by atoms with Gasteiger partial charge in [0.25, 0.3) is 0 Å². The van der Waals surface area contributed by atoms with Gasteiger partial charge in [-0.3, -0.25) is 9.59 Å². The van der Waals surface area contributed by atoms with Gasteiger partial charge in [-0.05, 0) is 12.8 Å². The highest BCUT2D eigenvalue weighted by molar-refractivity contribution is 5.70. The molecular formula is C53H102O10. The van der Waals surface area contributed by atoms with Crippen LogP contribution in [0.2, 0.25) is 0 Å². The number of ether oxygens (including phenoxy) is 4. The summed E-state index contributed by atoms with van der Waals surface area (Å²) in [5, 5.41) is 40.2. The lowest BCUT2D eigenvalue weighted by Crippen LogP contribution is -2.59. The zero-order valence-electron chi connectivity index (χ0n) is 41.1. The lowest BCUT2D eigenvalue weighted by Gasteiger charge is -2.39. The highest BCUT2D eigenvalue weighted by Gasteiger charge is 2.44. The normalized spacial score (nSPS) is 19.4. The Bertz CT molecular complexity index is 995. The third-order valence-electron chi connectivity index (χ3n) is 13.0. The van der Waals surface area contributed by atoms with Crippen LogP contribution in [-0.4, -0.2) is 89.0 Å². The van der Waals surface area contributed by atoms with Gasteiger partial charge in [0.2, 0.25) is 0 Å². The summed E-state index contributed by atoms with van der Waals surface area (Å²) in [6, 6.07) is 0. The predicted octanol–water partition coefficient (Wildman–Crippen LogP) is 12.9. The summed E-state index contributed by atoms with van der Waals surface area (Å²) in [6.45, 7) is 3.49. The Kier molecular flexibility index (Phi) is 42.2. The number of hydrogen-bond donors (Lipinski definition) is 4. The molecular weight excluding hydrogens is 797 g/mol. The van der Waals surface area contributed by atoms with Crippen molar-refractivity contribution >= 4 is 11.9 Å². The first-order valence-electron chi connectivity index (χ1n) is 27.1. The monoisotopic (exact) mass is 899 g/mol. The zero-order chi connectivity index (χ0) is 45.9. The Labute approximate surface area is 387 Å². The van der Waals surface area contributed by atoms with E-state index in [4.69, 9.17) is 18.9 Å². The highest BCUT2D eigenvalue weighted by Crippen LogP contribution is 2.23. The molecule has 1 heterocycles. The van der Waals surface area contributed by atoms with E-state index in [1.165, 1.54) is 205 Å². The number of carbonyl (C=O) groups excluding carboxylic acids is 2. The minimum absolute atomic E-state index is 0.208. The number of aliphatic hydroxyl groups is 4. The van der Waals surface area contributed by atoms with E-state index in [2.05, 4.69) is 13.8 Å². The van der Waals surface area contributed by atoms with Crippen LogP contribution in [0.5, 0.6) is 0 Å². The molecule has 1 fully saturated rings. The second kappa shape index (κ2) is 44.5. The van der Waals surface area contributed by atoms with Crippen molar-refractivity contribution in [2.45, 2.75) is 307 Å². The van der Waals surface area contributed by atoms with Crippen LogP contribution in [0, 0.1) is 0 Å². The van der Waals surface area contributed by atoms with Gasteiger partial charge in [0, 0.05) is 12.8 Å². The fourth-order valence-corrected chi connectivity index (χ4v) is 8.72.